The van der Waals surface area contributed by atoms with Crippen LogP contribution in [0.2, 0.25) is 0 Å². The third-order valence-electron chi connectivity index (χ3n) is 7.04. The molecule has 0 saturated carbocycles. The molecule has 0 radical (unpaired) electrons. The zero-order valence-electron chi connectivity index (χ0n) is 23.3. The standard InChI is InChI=1S/C33H23N5.C2H6/c1-20-12-21(2)32(22(3)13-20)24-8-10-28-27-6-4-5-7-30(27)38(31(28)15-24)29-11-9-25(14-26(29)17-35)33-36-18-23(16-34)19-37-33;1-2/h4-15,18-19H,1-3H3;1-2H3. The first-order chi connectivity index (χ1) is 19.5. The smallest absolute Gasteiger partial charge is 0.159 e. The summed E-state index contributed by atoms with van der Waals surface area (Å²) in [6.07, 6.45) is 2.98. The molecule has 5 heteroatoms. The first kappa shape index (κ1) is 26.4. The second kappa shape index (κ2) is 10.8. The lowest BCUT2D eigenvalue weighted by atomic mass is 9.93. The third kappa shape index (κ3) is 4.49. The average molecular weight is 520 g/mol. The summed E-state index contributed by atoms with van der Waals surface area (Å²) >= 11 is 0. The number of rotatable bonds is 3. The minimum Gasteiger partial charge on any atom is -0.308 e. The van der Waals surface area contributed by atoms with Gasteiger partial charge in [0.15, 0.2) is 5.82 Å². The Morgan fingerprint density at radius 1 is 0.675 bits per heavy atom. The predicted molar refractivity (Wildman–Crippen MR) is 162 cm³/mol. The van der Waals surface area contributed by atoms with Crippen LogP contribution >= 0.6 is 0 Å². The number of benzene rings is 4. The monoisotopic (exact) mass is 519 g/mol. The highest BCUT2D eigenvalue weighted by atomic mass is 15.0. The van der Waals surface area contributed by atoms with E-state index in [0.29, 0.717) is 17.0 Å². The molecule has 2 aromatic heterocycles. The first-order valence-corrected chi connectivity index (χ1v) is 13.4. The molecule has 6 aromatic rings. The Morgan fingerprint density at radius 2 is 1.32 bits per heavy atom. The molecule has 5 nitrogen and oxygen atoms in total. The molecule has 0 N–H and O–H groups in total. The highest BCUT2D eigenvalue weighted by Gasteiger charge is 2.17. The molecule has 194 valence electrons. The summed E-state index contributed by atoms with van der Waals surface area (Å²) in [5.41, 5.74) is 10.6. The molecule has 0 atom stereocenters. The van der Waals surface area contributed by atoms with Crippen LogP contribution in [-0.2, 0) is 0 Å². The van der Waals surface area contributed by atoms with Gasteiger partial charge in [0, 0.05) is 28.7 Å². The van der Waals surface area contributed by atoms with Crippen LogP contribution in [0.25, 0.3) is 50.0 Å². The summed E-state index contributed by atoms with van der Waals surface area (Å²) in [7, 11) is 0. The maximum Gasteiger partial charge on any atom is 0.159 e. The van der Waals surface area contributed by atoms with Crippen molar-refractivity contribution in [1.29, 1.82) is 10.5 Å². The number of hydrogen-bond acceptors (Lipinski definition) is 4. The van der Waals surface area contributed by atoms with Crippen LogP contribution in [0.5, 0.6) is 0 Å². The van der Waals surface area contributed by atoms with E-state index in [1.807, 2.05) is 50.2 Å². The van der Waals surface area contributed by atoms with Crippen molar-refractivity contribution in [2.45, 2.75) is 34.6 Å². The van der Waals surface area contributed by atoms with Gasteiger partial charge in [-0.15, -0.1) is 0 Å². The van der Waals surface area contributed by atoms with Gasteiger partial charge in [-0.3, -0.25) is 0 Å². The number of fused-ring (bicyclic) bond motifs is 3. The number of hydrogen-bond donors (Lipinski definition) is 0. The Hall–Kier alpha value is -5.26. The summed E-state index contributed by atoms with van der Waals surface area (Å²) in [6.45, 7) is 10.4. The van der Waals surface area contributed by atoms with Gasteiger partial charge >= 0.3 is 0 Å². The molecule has 6 rings (SSSR count). The van der Waals surface area contributed by atoms with E-state index in [1.165, 1.54) is 34.6 Å². The van der Waals surface area contributed by atoms with Gasteiger partial charge in [0.25, 0.3) is 0 Å². The maximum atomic E-state index is 10.2. The molecule has 0 spiro atoms. The fourth-order valence-corrected chi connectivity index (χ4v) is 5.52. The van der Waals surface area contributed by atoms with Crippen molar-refractivity contribution in [3.63, 3.8) is 0 Å². The number of aryl methyl sites for hydroxylation is 3. The number of aromatic nitrogens is 3. The van der Waals surface area contributed by atoms with Crippen LogP contribution in [0.4, 0.5) is 0 Å². The molecular formula is C35H29N5. The van der Waals surface area contributed by atoms with E-state index in [9.17, 15) is 5.26 Å². The molecule has 0 fully saturated rings. The van der Waals surface area contributed by atoms with Gasteiger partial charge < -0.3 is 4.57 Å². The molecule has 4 aromatic carbocycles. The predicted octanol–water partition coefficient (Wildman–Crippen LogP) is 8.60. The van der Waals surface area contributed by atoms with E-state index in [2.05, 4.69) is 83.8 Å². The van der Waals surface area contributed by atoms with Gasteiger partial charge in [-0.25, -0.2) is 9.97 Å². The summed E-state index contributed by atoms with van der Waals surface area (Å²) in [6, 6.07) is 29.5. The number of para-hydroxylation sites is 1. The Kier molecular flexibility index (Phi) is 7.15. The second-order valence-corrected chi connectivity index (χ2v) is 9.61. The van der Waals surface area contributed by atoms with E-state index >= 15 is 0 Å². The Labute approximate surface area is 234 Å². The summed E-state index contributed by atoms with van der Waals surface area (Å²) < 4.78 is 2.18. The van der Waals surface area contributed by atoms with Crippen molar-refractivity contribution in [1.82, 2.24) is 14.5 Å². The molecular weight excluding hydrogens is 490 g/mol. The molecule has 0 unspecified atom stereocenters. The van der Waals surface area contributed by atoms with Crippen molar-refractivity contribution in [3.8, 4) is 40.3 Å². The van der Waals surface area contributed by atoms with E-state index < -0.39 is 0 Å². The highest BCUT2D eigenvalue weighted by molar-refractivity contribution is 6.10. The van der Waals surface area contributed by atoms with Gasteiger partial charge in [0.2, 0.25) is 0 Å². The molecule has 0 amide bonds. The Bertz CT molecular complexity index is 1940. The summed E-state index contributed by atoms with van der Waals surface area (Å²) in [5.74, 6) is 0.474. The largest absolute Gasteiger partial charge is 0.308 e. The van der Waals surface area contributed by atoms with Gasteiger partial charge in [-0.2, -0.15) is 10.5 Å². The molecule has 2 heterocycles. The van der Waals surface area contributed by atoms with Crippen LogP contribution in [0.15, 0.2) is 85.2 Å². The van der Waals surface area contributed by atoms with Gasteiger partial charge in [-0.05, 0) is 73.4 Å². The van der Waals surface area contributed by atoms with Crippen molar-refractivity contribution in [2.75, 3.05) is 0 Å². The number of nitrogens with zero attached hydrogens (tertiary/aromatic N) is 5. The average Bonchev–Trinajstić information content (AvgIpc) is 3.31. The van der Waals surface area contributed by atoms with E-state index in [-0.39, 0.29) is 0 Å². The van der Waals surface area contributed by atoms with Crippen molar-refractivity contribution < 1.29 is 0 Å². The molecule has 0 saturated heterocycles. The quantitative estimate of drug-likeness (QED) is 0.234. The van der Waals surface area contributed by atoms with Crippen molar-refractivity contribution >= 4 is 21.8 Å². The molecule has 40 heavy (non-hydrogen) atoms. The normalized spacial score (nSPS) is 10.6. The lowest BCUT2D eigenvalue weighted by Crippen LogP contribution is -1.99. The minimum absolute atomic E-state index is 0.394. The topological polar surface area (TPSA) is 78.3 Å². The van der Waals surface area contributed by atoms with Crippen LogP contribution in [0.3, 0.4) is 0 Å². The SMILES string of the molecule is CC.Cc1cc(C)c(-c2ccc3c4ccccc4n(-c4ccc(-c5ncc(C#N)cn5)cc4C#N)c3c2)c(C)c1. The molecule has 0 bridgehead atoms. The van der Waals surface area contributed by atoms with E-state index in [1.54, 1.807) is 0 Å². The van der Waals surface area contributed by atoms with E-state index in [4.69, 9.17) is 5.26 Å². The fourth-order valence-electron chi connectivity index (χ4n) is 5.52. The fraction of sp³-hybridized carbons (Fsp3) is 0.143. The van der Waals surface area contributed by atoms with Gasteiger partial charge in [-0.1, -0.05) is 61.9 Å². The van der Waals surface area contributed by atoms with Gasteiger partial charge in [0.05, 0.1) is 27.8 Å². The lowest BCUT2D eigenvalue weighted by Gasteiger charge is -2.14. The lowest BCUT2D eigenvalue weighted by molar-refractivity contribution is 1.14. The molecule has 0 aliphatic carbocycles. The van der Waals surface area contributed by atoms with Crippen molar-refractivity contribution in [3.05, 3.63) is 113 Å². The number of nitriles is 2. The second-order valence-electron chi connectivity index (χ2n) is 9.61. The Balaban J connectivity index is 0.00000158. The van der Waals surface area contributed by atoms with Crippen LogP contribution in [0.1, 0.15) is 41.7 Å². The maximum absolute atomic E-state index is 10.2. The minimum atomic E-state index is 0.394. The summed E-state index contributed by atoms with van der Waals surface area (Å²) in [5, 5.41) is 21.5. The highest BCUT2D eigenvalue weighted by Crippen LogP contribution is 2.37. The first-order valence-electron chi connectivity index (χ1n) is 13.4. The summed E-state index contributed by atoms with van der Waals surface area (Å²) in [4.78, 5) is 8.61. The van der Waals surface area contributed by atoms with Crippen LogP contribution < -0.4 is 0 Å². The zero-order chi connectivity index (χ0) is 28.4. The molecule has 0 aliphatic rings. The van der Waals surface area contributed by atoms with Crippen molar-refractivity contribution in [2.24, 2.45) is 0 Å². The van der Waals surface area contributed by atoms with Crippen LogP contribution in [0, 0.1) is 43.4 Å². The van der Waals surface area contributed by atoms with E-state index in [0.717, 1.165) is 38.6 Å². The zero-order valence-corrected chi connectivity index (χ0v) is 23.3. The van der Waals surface area contributed by atoms with Gasteiger partial charge in [0.1, 0.15) is 12.1 Å². The molecule has 0 aliphatic heterocycles. The Morgan fingerprint density at radius 3 is 2.00 bits per heavy atom. The third-order valence-corrected chi connectivity index (χ3v) is 7.04. The van der Waals surface area contributed by atoms with Crippen LogP contribution in [-0.4, -0.2) is 14.5 Å².